The van der Waals surface area contributed by atoms with Gasteiger partial charge in [-0.2, -0.15) is 13.2 Å². The molecule has 2 atom stereocenters. The average Bonchev–Trinajstić information content (AvgIpc) is 3.84. The fourth-order valence-corrected chi connectivity index (χ4v) is 6.93. The second-order valence-electron chi connectivity index (χ2n) is 16.0. The molecule has 75 heavy (non-hydrogen) atoms. The number of esters is 5. The van der Waals surface area contributed by atoms with Gasteiger partial charge in [-0.15, -0.1) is 0 Å². The zero-order valence-corrected chi connectivity index (χ0v) is 37.4. The van der Waals surface area contributed by atoms with Gasteiger partial charge in [0.1, 0.15) is 6.04 Å². The summed E-state index contributed by atoms with van der Waals surface area (Å²) in [7, 11) is 0. The molecule has 1 fully saturated rings. The van der Waals surface area contributed by atoms with Crippen molar-refractivity contribution in [3.05, 3.63) is 124 Å². The van der Waals surface area contributed by atoms with Gasteiger partial charge in [0.25, 0.3) is 0 Å². The van der Waals surface area contributed by atoms with E-state index in [9.17, 15) is 98.1 Å². The molecule has 0 radical (unpaired) electrons. The number of hydrogen-bond acceptors (Lipinski definition) is 23. The fourth-order valence-electron chi connectivity index (χ4n) is 6.93. The number of carbonyl (C=O) groups is 6. The second-order valence-corrected chi connectivity index (χ2v) is 16.0. The number of carbonyl (C=O) groups excluding carboxylic acids is 5. The van der Waals surface area contributed by atoms with E-state index < -0.39 is 168 Å². The van der Waals surface area contributed by atoms with Gasteiger partial charge in [0.2, 0.25) is 28.7 Å². The van der Waals surface area contributed by atoms with E-state index in [2.05, 4.69) is 10.9 Å². The largest absolute Gasteiger partial charge is 0.504 e. The number of carboxylic acid groups (broad SMARTS) is 1. The number of aryl methyl sites for hydroxylation is 1. The van der Waals surface area contributed by atoms with Crippen LogP contribution in [-0.2, 0) is 17.4 Å². The van der Waals surface area contributed by atoms with Crippen LogP contribution in [0.5, 0.6) is 86.2 Å². The van der Waals surface area contributed by atoms with Crippen molar-refractivity contribution in [2.75, 3.05) is 0 Å². The van der Waals surface area contributed by atoms with Crippen LogP contribution in [0.25, 0.3) is 0 Å². The number of phenols is 10. The zero-order chi connectivity index (χ0) is 54.8. The van der Waals surface area contributed by atoms with Crippen molar-refractivity contribution in [2.24, 2.45) is 0 Å². The van der Waals surface area contributed by atoms with E-state index in [0.29, 0.717) is 73.0 Å². The van der Waals surface area contributed by atoms with E-state index >= 15 is 0 Å². The predicted molar refractivity (Wildman–Crippen MR) is 240 cm³/mol. The number of aromatic hydroxyl groups is 10. The van der Waals surface area contributed by atoms with Crippen LogP contribution in [0.2, 0.25) is 0 Å². The van der Waals surface area contributed by atoms with Gasteiger partial charge in [-0.25, -0.2) is 34.2 Å². The van der Waals surface area contributed by atoms with Crippen LogP contribution in [-0.4, -0.2) is 104 Å². The molecular formula is C48H35F3N2O22. The summed E-state index contributed by atoms with van der Waals surface area (Å²) >= 11 is 0. The summed E-state index contributed by atoms with van der Waals surface area (Å²) in [5, 5.41) is 113. The first-order valence-corrected chi connectivity index (χ1v) is 21.1. The van der Waals surface area contributed by atoms with Gasteiger partial charge in [-0.1, -0.05) is 12.1 Å². The minimum absolute atomic E-state index is 0.0999. The summed E-state index contributed by atoms with van der Waals surface area (Å²) < 4.78 is 64.2. The maximum absolute atomic E-state index is 13.3. The molecule has 2 unspecified atom stereocenters. The van der Waals surface area contributed by atoms with Crippen molar-refractivity contribution < 1.29 is 122 Å². The Kier molecular flexibility index (Phi) is 14.7. The number of benzene rings is 6. The number of phenolic OH excluding ortho intramolecular Hbond substituents is 10. The van der Waals surface area contributed by atoms with Gasteiger partial charge in [0.15, 0.2) is 57.5 Å². The van der Waals surface area contributed by atoms with Crippen LogP contribution in [0.4, 0.5) is 13.2 Å². The van der Waals surface area contributed by atoms with Crippen molar-refractivity contribution in [1.82, 2.24) is 10.9 Å². The van der Waals surface area contributed by atoms with Gasteiger partial charge < -0.3 is 79.9 Å². The second kappa shape index (κ2) is 20.9. The molecular weight excluding hydrogens is 1010 g/mol. The molecule has 0 aliphatic carbocycles. The Balaban J connectivity index is 1.01. The monoisotopic (exact) mass is 1050 g/mol. The lowest BCUT2D eigenvalue weighted by molar-refractivity contribution is -0.138. The van der Waals surface area contributed by atoms with Crippen LogP contribution in [0.15, 0.2) is 84.9 Å². The lowest BCUT2D eigenvalue weighted by Gasteiger charge is -2.14. The van der Waals surface area contributed by atoms with Crippen molar-refractivity contribution >= 4 is 35.8 Å². The number of aromatic carboxylic acids is 1. The van der Waals surface area contributed by atoms with Crippen molar-refractivity contribution in [2.45, 2.75) is 37.5 Å². The highest BCUT2D eigenvalue weighted by Crippen LogP contribution is 2.44. The Morgan fingerprint density at radius 2 is 0.787 bits per heavy atom. The van der Waals surface area contributed by atoms with Gasteiger partial charge >= 0.3 is 42.0 Å². The maximum atomic E-state index is 13.3. The Bertz CT molecular complexity index is 3330. The minimum Gasteiger partial charge on any atom is -0.504 e. The molecule has 1 aliphatic rings. The molecule has 7 rings (SSSR count). The Labute approximate surface area is 415 Å². The Morgan fingerprint density at radius 3 is 1.12 bits per heavy atom. The normalized spacial score (nSPS) is 14.1. The summed E-state index contributed by atoms with van der Waals surface area (Å²) in [6.07, 6.45) is -3.70. The number of rotatable bonds is 14. The number of hydrazine groups is 1. The van der Waals surface area contributed by atoms with E-state index in [1.165, 1.54) is 12.1 Å². The molecule has 6 aromatic carbocycles. The number of ether oxygens (including phenoxy) is 5. The smallest absolute Gasteiger partial charge is 0.416 e. The van der Waals surface area contributed by atoms with Gasteiger partial charge in [-0.3, -0.25) is 5.43 Å². The van der Waals surface area contributed by atoms with Crippen LogP contribution in [0.3, 0.4) is 0 Å². The molecule has 0 saturated carbocycles. The molecule has 0 aromatic heterocycles. The van der Waals surface area contributed by atoms with E-state index in [0.717, 1.165) is 18.2 Å². The number of halogens is 3. The van der Waals surface area contributed by atoms with Gasteiger partial charge in [0, 0.05) is 6.04 Å². The van der Waals surface area contributed by atoms with Crippen LogP contribution >= 0.6 is 0 Å². The summed E-state index contributed by atoms with van der Waals surface area (Å²) in [5.74, 6) is -24.0. The molecule has 1 heterocycles. The quantitative estimate of drug-likeness (QED) is 0.0383. The van der Waals surface area contributed by atoms with E-state index in [-0.39, 0.29) is 12.5 Å². The molecule has 1 aliphatic heterocycles. The summed E-state index contributed by atoms with van der Waals surface area (Å²) in [4.78, 5) is 77.3. The van der Waals surface area contributed by atoms with Crippen LogP contribution in [0, 0.1) is 0 Å². The SMILES string of the molecule is O=C(O)c1cc(O)c(O)c(OC(=O)c2cc(O)c(O)c(OC(=O)c3cc(O)c(O)c(OC(=O)c4cc(O)c(O)c(OC(=O)c5cc(O)c(O)c(OC(=O)C6CC(CCc7ccc(C(F)(F)F)cc7)NN6)c5)c4)c3)c2)c1. The molecule has 24 nitrogen and oxygen atoms in total. The number of nitrogens with one attached hydrogen (secondary N) is 2. The molecule has 27 heteroatoms. The molecule has 6 aromatic rings. The average molecular weight is 1050 g/mol. The van der Waals surface area contributed by atoms with Gasteiger partial charge in [0.05, 0.1) is 33.4 Å². The van der Waals surface area contributed by atoms with Crippen molar-refractivity contribution in [3.8, 4) is 86.2 Å². The third kappa shape index (κ3) is 11.8. The Hall–Kier alpha value is -10.2. The third-order valence-corrected chi connectivity index (χ3v) is 10.8. The first kappa shape index (κ1) is 52.7. The molecule has 0 bridgehead atoms. The highest BCUT2D eigenvalue weighted by molar-refractivity contribution is 5.98. The first-order chi connectivity index (χ1) is 35.3. The van der Waals surface area contributed by atoms with Crippen LogP contribution < -0.4 is 34.5 Å². The number of hydrogen-bond donors (Lipinski definition) is 13. The summed E-state index contributed by atoms with van der Waals surface area (Å²) in [6, 6.07) is 9.43. The minimum atomic E-state index is -4.50. The van der Waals surface area contributed by atoms with Crippen LogP contribution in [0.1, 0.15) is 75.8 Å². The number of alkyl halides is 3. The van der Waals surface area contributed by atoms with E-state index in [1.807, 2.05) is 0 Å². The predicted octanol–water partition coefficient (Wildman–Crippen LogP) is 5.11. The lowest BCUT2D eigenvalue weighted by Crippen LogP contribution is -2.39. The zero-order valence-electron chi connectivity index (χ0n) is 37.4. The Morgan fingerprint density at radius 1 is 0.467 bits per heavy atom. The van der Waals surface area contributed by atoms with E-state index in [1.54, 1.807) is 0 Å². The highest BCUT2D eigenvalue weighted by atomic mass is 19.4. The highest BCUT2D eigenvalue weighted by Gasteiger charge is 2.33. The fraction of sp³-hybridized carbons (Fsp3) is 0.125. The van der Waals surface area contributed by atoms with Crippen molar-refractivity contribution in [3.63, 3.8) is 0 Å². The summed E-state index contributed by atoms with van der Waals surface area (Å²) in [6.45, 7) is 0. The lowest BCUT2D eigenvalue weighted by atomic mass is 10.0. The molecule has 0 spiro atoms. The maximum Gasteiger partial charge on any atom is 0.416 e. The number of carboxylic acids is 1. The topological polar surface area (TPSA) is 395 Å². The third-order valence-electron chi connectivity index (χ3n) is 10.8. The first-order valence-electron chi connectivity index (χ1n) is 21.1. The molecule has 13 N–H and O–H groups in total. The molecule has 390 valence electrons. The summed E-state index contributed by atoms with van der Waals surface area (Å²) in [5.41, 5.74) is 1.85. The molecule has 1 saturated heterocycles. The standard InChI is InChI=1S/C48H35F3N2O22/c49-48(50,51)24-4-1-18(2-5-24)3-6-25-17-26(53-52-25)47(70)75-36-16-23(11-31(58)41(36)63)46(69)74-35-15-22(10-30(57)40(35)62)45(68)73-34-14-21(9-29(56)39(34)61)44(67)72-33-13-20(8-28(55)38(33)60)43(66)71-32-12-19(42(64)65)7-27(54)37(32)59/h1-2,4-5,7-16,25-26,52-63H,3,6,17H2,(H,64,65). The molecule has 0 amide bonds. The van der Waals surface area contributed by atoms with E-state index in [4.69, 9.17) is 23.7 Å². The van der Waals surface area contributed by atoms with Crippen molar-refractivity contribution in [1.29, 1.82) is 0 Å². The van der Waals surface area contributed by atoms with Gasteiger partial charge in [-0.05, 0) is 97.6 Å².